The van der Waals surface area contributed by atoms with Crippen molar-refractivity contribution in [3.63, 3.8) is 0 Å². The molecule has 0 aliphatic carbocycles. The molecule has 20 heavy (non-hydrogen) atoms. The summed E-state index contributed by atoms with van der Waals surface area (Å²) >= 11 is 0. The number of nitrogens with zero attached hydrogens (tertiary/aromatic N) is 2. The number of rotatable bonds is 1. The first-order valence-electron chi connectivity index (χ1n) is 6.89. The molecule has 1 atom stereocenters. The van der Waals surface area contributed by atoms with Crippen LogP contribution in [-0.2, 0) is 4.74 Å². The highest BCUT2D eigenvalue weighted by Crippen LogP contribution is 2.34. The van der Waals surface area contributed by atoms with E-state index in [0.29, 0.717) is 6.54 Å². The number of carbonyl (C=O) groups excluding carboxylic acids is 1. The van der Waals surface area contributed by atoms with Gasteiger partial charge >= 0.3 is 6.09 Å². The Balaban J connectivity index is 2.23. The first-order chi connectivity index (χ1) is 9.28. The highest BCUT2D eigenvalue weighted by Gasteiger charge is 2.34. The van der Waals surface area contributed by atoms with Gasteiger partial charge in [-0.25, -0.2) is 9.78 Å². The zero-order chi connectivity index (χ0) is 14.9. The number of likely N-dealkylation sites (tertiary alicyclic amines) is 1. The van der Waals surface area contributed by atoms with Gasteiger partial charge in [-0.1, -0.05) is 0 Å². The lowest BCUT2D eigenvalue weighted by molar-refractivity contribution is 0.0224. The summed E-state index contributed by atoms with van der Waals surface area (Å²) in [4.78, 5) is 17.6. The van der Waals surface area contributed by atoms with E-state index in [0.717, 1.165) is 24.0 Å². The lowest BCUT2D eigenvalue weighted by Crippen LogP contribution is -2.36. The lowest BCUT2D eigenvalue weighted by Gasteiger charge is -2.29. The molecule has 1 unspecified atom stereocenters. The van der Waals surface area contributed by atoms with Crippen LogP contribution in [0.1, 0.15) is 50.8 Å². The molecule has 0 saturated carbocycles. The third-order valence-electron chi connectivity index (χ3n) is 3.35. The van der Waals surface area contributed by atoms with Gasteiger partial charge in [-0.2, -0.15) is 4.39 Å². The first kappa shape index (κ1) is 14.8. The van der Waals surface area contributed by atoms with E-state index < -0.39 is 11.5 Å². The largest absolute Gasteiger partial charge is 0.444 e. The van der Waals surface area contributed by atoms with E-state index in [4.69, 9.17) is 4.74 Å². The molecule has 110 valence electrons. The Bertz CT molecular complexity index is 511. The van der Waals surface area contributed by atoms with Crippen molar-refractivity contribution in [1.29, 1.82) is 0 Å². The molecule has 0 spiro atoms. The highest BCUT2D eigenvalue weighted by molar-refractivity contribution is 5.69. The van der Waals surface area contributed by atoms with Crippen LogP contribution in [0, 0.1) is 12.9 Å². The number of amides is 1. The molecule has 2 rings (SSSR count). The lowest BCUT2D eigenvalue weighted by atomic mass is 10.0. The van der Waals surface area contributed by atoms with Crippen molar-refractivity contribution >= 4 is 6.09 Å². The molecule has 1 aliphatic rings. The molecule has 0 aromatic carbocycles. The minimum absolute atomic E-state index is 0.123. The number of pyridine rings is 1. The monoisotopic (exact) mass is 280 g/mol. The van der Waals surface area contributed by atoms with E-state index in [2.05, 4.69) is 4.98 Å². The number of halogens is 1. The van der Waals surface area contributed by atoms with Gasteiger partial charge in [-0.05, 0) is 57.7 Å². The van der Waals surface area contributed by atoms with Gasteiger partial charge in [0.05, 0.1) is 6.04 Å². The summed E-state index contributed by atoms with van der Waals surface area (Å²) in [6, 6.07) is 1.30. The SMILES string of the molecule is Cc1cnc(F)cc1C1CCCN1C(=O)OC(C)(C)C. The second-order valence-electron chi connectivity index (χ2n) is 6.20. The fourth-order valence-electron chi connectivity index (χ4n) is 2.50. The van der Waals surface area contributed by atoms with Crippen molar-refractivity contribution in [3.05, 3.63) is 29.3 Å². The molecule has 2 heterocycles. The van der Waals surface area contributed by atoms with Gasteiger partial charge in [0.2, 0.25) is 5.95 Å². The molecule has 1 aromatic rings. The fraction of sp³-hybridized carbons (Fsp3) is 0.600. The summed E-state index contributed by atoms with van der Waals surface area (Å²) in [7, 11) is 0. The Morgan fingerprint density at radius 2 is 2.20 bits per heavy atom. The number of aryl methyl sites for hydroxylation is 1. The second-order valence-corrected chi connectivity index (χ2v) is 6.20. The maximum atomic E-state index is 13.4. The molecule has 0 radical (unpaired) electrons. The highest BCUT2D eigenvalue weighted by atomic mass is 19.1. The summed E-state index contributed by atoms with van der Waals surface area (Å²) in [6.45, 7) is 8.05. The number of ether oxygens (including phenoxy) is 1. The van der Waals surface area contributed by atoms with E-state index in [1.807, 2.05) is 27.7 Å². The minimum Gasteiger partial charge on any atom is -0.444 e. The van der Waals surface area contributed by atoms with Crippen molar-refractivity contribution in [3.8, 4) is 0 Å². The van der Waals surface area contributed by atoms with E-state index in [-0.39, 0.29) is 12.1 Å². The standard InChI is InChI=1S/C15H21FN2O2/c1-10-9-17-13(16)8-11(10)12-6-5-7-18(12)14(19)20-15(2,3)4/h8-9,12H,5-7H2,1-4H3. The molecular formula is C15H21FN2O2. The summed E-state index contributed by atoms with van der Waals surface area (Å²) in [5.41, 5.74) is 1.19. The van der Waals surface area contributed by atoms with Gasteiger partial charge in [0.15, 0.2) is 0 Å². The Morgan fingerprint density at radius 1 is 1.50 bits per heavy atom. The Kier molecular flexibility index (Phi) is 3.97. The Morgan fingerprint density at radius 3 is 2.85 bits per heavy atom. The number of hydrogen-bond acceptors (Lipinski definition) is 3. The predicted octanol–water partition coefficient (Wildman–Crippen LogP) is 3.60. The Hall–Kier alpha value is -1.65. The Labute approximate surface area is 118 Å². The number of hydrogen-bond donors (Lipinski definition) is 0. The van der Waals surface area contributed by atoms with E-state index in [1.54, 1.807) is 4.90 Å². The van der Waals surface area contributed by atoms with Gasteiger partial charge in [0.25, 0.3) is 0 Å². The minimum atomic E-state index is -0.525. The molecule has 1 saturated heterocycles. The predicted molar refractivity (Wildman–Crippen MR) is 73.8 cm³/mol. The van der Waals surface area contributed by atoms with Crippen LogP contribution < -0.4 is 0 Å². The van der Waals surface area contributed by atoms with Crippen molar-refractivity contribution in [2.45, 2.75) is 52.2 Å². The third kappa shape index (κ3) is 3.26. The topological polar surface area (TPSA) is 42.4 Å². The van der Waals surface area contributed by atoms with Crippen molar-refractivity contribution in [2.75, 3.05) is 6.54 Å². The normalized spacial score (nSPS) is 19.2. The second kappa shape index (κ2) is 5.38. The van der Waals surface area contributed by atoms with Crippen LogP contribution in [0.15, 0.2) is 12.3 Å². The van der Waals surface area contributed by atoms with Gasteiger partial charge < -0.3 is 9.64 Å². The molecule has 0 bridgehead atoms. The molecule has 5 heteroatoms. The van der Waals surface area contributed by atoms with Gasteiger partial charge in [-0.3, -0.25) is 0 Å². The smallest absolute Gasteiger partial charge is 0.410 e. The van der Waals surface area contributed by atoms with Crippen LogP contribution in [-0.4, -0.2) is 28.1 Å². The van der Waals surface area contributed by atoms with E-state index >= 15 is 0 Å². The van der Waals surface area contributed by atoms with Crippen LogP contribution in [0.2, 0.25) is 0 Å². The molecule has 4 nitrogen and oxygen atoms in total. The number of aromatic nitrogens is 1. The zero-order valence-corrected chi connectivity index (χ0v) is 12.4. The third-order valence-corrected chi connectivity index (χ3v) is 3.35. The summed E-state index contributed by atoms with van der Waals surface area (Å²) in [5.74, 6) is -0.512. The van der Waals surface area contributed by atoms with Gasteiger partial charge in [-0.15, -0.1) is 0 Å². The summed E-state index contributed by atoms with van der Waals surface area (Å²) < 4.78 is 18.8. The average Bonchev–Trinajstić information content (AvgIpc) is 2.79. The molecule has 1 aromatic heterocycles. The van der Waals surface area contributed by atoms with Crippen LogP contribution >= 0.6 is 0 Å². The van der Waals surface area contributed by atoms with Crippen LogP contribution in [0.5, 0.6) is 0 Å². The molecule has 1 aliphatic heterocycles. The van der Waals surface area contributed by atoms with Gasteiger partial charge in [0.1, 0.15) is 5.60 Å². The quantitative estimate of drug-likeness (QED) is 0.738. The fourth-order valence-corrected chi connectivity index (χ4v) is 2.50. The van der Waals surface area contributed by atoms with Crippen molar-refractivity contribution in [2.24, 2.45) is 0 Å². The zero-order valence-electron chi connectivity index (χ0n) is 12.4. The molecule has 0 N–H and O–H groups in total. The van der Waals surface area contributed by atoms with E-state index in [1.165, 1.54) is 12.3 Å². The maximum absolute atomic E-state index is 13.4. The van der Waals surface area contributed by atoms with Crippen molar-refractivity contribution < 1.29 is 13.9 Å². The maximum Gasteiger partial charge on any atom is 0.410 e. The number of carbonyl (C=O) groups is 1. The van der Waals surface area contributed by atoms with Crippen LogP contribution in [0.3, 0.4) is 0 Å². The average molecular weight is 280 g/mol. The van der Waals surface area contributed by atoms with Crippen LogP contribution in [0.4, 0.5) is 9.18 Å². The van der Waals surface area contributed by atoms with E-state index in [9.17, 15) is 9.18 Å². The summed E-state index contributed by atoms with van der Waals surface area (Å²) in [6.07, 6.45) is 2.89. The first-order valence-corrected chi connectivity index (χ1v) is 6.89. The van der Waals surface area contributed by atoms with Crippen molar-refractivity contribution in [1.82, 2.24) is 9.88 Å². The summed E-state index contributed by atoms with van der Waals surface area (Å²) in [5, 5.41) is 0. The molecule has 1 fully saturated rings. The van der Waals surface area contributed by atoms with Gasteiger partial charge in [0, 0.05) is 12.7 Å². The molecule has 1 amide bonds. The van der Waals surface area contributed by atoms with Crippen LogP contribution in [0.25, 0.3) is 0 Å². The molecular weight excluding hydrogens is 259 g/mol.